The van der Waals surface area contributed by atoms with E-state index in [0.29, 0.717) is 16.3 Å². The molecule has 0 spiro atoms. The summed E-state index contributed by atoms with van der Waals surface area (Å²) in [7, 11) is 0. The lowest BCUT2D eigenvalue weighted by atomic mass is 10.1. The second-order valence-electron chi connectivity index (χ2n) is 4.72. The third-order valence-corrected chi connectivity index (χ3v) is 3.36. The molecule has 0 aliphatic carbocycles. The van der Waals surface area contributed by atoms with E-state index in [1.54, 1.807) is 19.1 Å². The summed E-state index contributed by atoms with van der Waals surface area (Å²) in [6.45, 7) is 3.49. The first-order valence-electron chi connectivity index (χ1n) is 6.64. The van der Waals surface area contributed by atoms with Gasteiger partial charge in [-0.1, -0.05) is 23.7 Å². The Kier molecular flexibility index (Phi) is 5.06. The first-order valence-corrected chi connectivity index (χ1v) is 7.01. The lowest BCUT2D eigenvalue weighted by Crippen LogP contribution is -2.47. The van der Waals surface area contributed by atoms with Crippen LogP contribution in [0.25, 0.3) is 0 Å². The van der Waals surface area contributed by atoms with Gasteiger partial charge in [-0.2, -0.15) is 0 Å². The first kappa shape index (κ1) is 15.9. The summed E-state index contributed by atoms with van der Waals surface area (Å²) in [5.41, 5.74) is 5.87. The van der Waals surface area contributed by atoms with E-state index < -0.39 is 11.9 Å². The molecule has 3 N–H and O–H groups in total. The number of hydrazine groups is 1. The summed E-state index contributed by atoms with van der Waals surface area (Å²) in [6, 6.07) is 7.91. The van der Waals surface area contributed by atoms with Crippen molar-refractivity contribution in [1.29, 1.82) is 0 Å². The monoisotopic (exact) mass is 321 g/mol. The number of aryl methyl sites for hydroxylation is 1. The number of carbonyl (C=O) groups is 2. The minimum atomic E-state index is -0.517. The molecule has 22 heavy (non-hydrogen) atoms. The third kappa shape index (κ3) is 4.02. The predicted molar refractivity (Wildman–Crippen MR) is 82.4 cm³/mol. The second kappa shape index (κ2) is 7.00. The molecular weight excluding hydrogens is 306 g/mol. The minimum Gasteiger partial charge on any atom is -0.469 e. The Bertz CT molecular complexity index is 667. The van der Waals surface area contributed by atoms with Crippen LogP contribution < -0.4 is 16.2 Å². The molecule has 1 aromatic heterocycles. The molecule has 0 saturated heterocycles. The zero-order chi connectivity index (χ0) is 16.1. The van der Waals surface area contributed by atoms with Gasteiger partial charge in [0.1, 0.15) is 5.76 Å². The standard InChI is InChI=1S/C15H16ClN3O3/c1-9(11-3-5-12(16)6-4-11)17-15(21)19-18-14(20)13-7-8-22-10(13)2/h3-9H,1-2H3,(H,18,20)(H2,17,19,21)/t9-/m0/s1. The van der Waals surface area contributed by atoms with Gasteiger partial charge in [0.2, 0.25) is 0 Å². The number of amides is 3. The lowest BCUT2D eigenvalue weighted by molar-refractivity contribution is 0.0934. The molecule has 0 fully saturated rings. The van der Waals surface area contributed by atoms with Crippen LogP contribution in [-0.2, 0) is 0 Å². The maximum absolute atomic E-state index is 11.8. The van der Waals surface area contributed by atoms with Crippen molar-refractivity contribution in [2.75, 3.05) is 0 Å². The quantitative estimate of drug-likeness (QED) is 0.760. The molecule has 1 atom stereocenters. The molecule has 0 unspecified atom stereocenters. The average molecular weight is 322 g/mol. The second-order valence-corrected chi connectivity index (χ2v) is 5.15. The van der Waals surface area contributed by atoms with Gasteiger partial charge in [-0.15, -0.1) is 0 Å². The lowest BCUT2D eigenvalue weighted by Gasteiger charge is -2.15. The summed E-state index contributed by atoms with van der Waals surface area (Å²) in [6.07, 6.45) is 1.41. The summed E-state index contributed by atoms with van der Waals surface area (Å²) in [4.78, 5) is 23.6. The number of rotatable bonds is 3. The highest BCUT2D eigenvalue weighted by Gasteiger charge is 2.13. The van der Waals surface area contributed by atoms with Gasteiger partial charge in [0, 0.05) is 5.02 Å². The number of halogens is 1. The number of hydrogen-bond acceptors (Lipinski definition) is 3. The van der Waals surface area contributed by atoms with E-state index in [-0.39, 0.29) is 6.04 Å². The van der Waals surface area contributed by atoms with Gasteiger partial charge in [0.15, 0.2) is 0 Å². The Morgan fingerprint density at radius 3 is 2.41 bits per heavy atom. The molecule has 0 aliphatic rings. The van der Waals surface area contributed by atoms with E-state index in [9.17, 15) is 9.59 Å². The number of benzene rings is 1. The van der Waals surface area contributed by atoms with Gasteiger partial charge in [-0.25, -0.2) is 10.2 Å². The Morgan fingerprint density at radius 1 is 1.14 bits per heavy atom. The Balaban J connectivity index is 1.84. The van der Waals surface area contributed by atoms with Gasteiger partial charge in [0.25, 0.3) is 5.91 Å². The molecule has 7 heteroatoms. The maximum atomic E-state index is 11.8. The highest BCUT2D eigenvalue weighted by atomic mass is 35.5. The molecule has 1 heterocycles. The van der Waals surface area contributed by atoms with Crippen LogP contribution in [0, 0.1) is 6.92 Å². The van der Waals surface area contributed by atoms with Gasteiger partial charge < -0.3 is 9.73 Å². The number of hydrogen-bond donors (Lipinski definition) is 3. The van der Waals surface area contributed by atoms with Crippen molar-refractivity contribution in [3.8, 4) is 0 Å². The van der Waals surface area contributed by atoms with Gasteiger partial charge in [-0.3, -0.25) is 10.2 Å². The van der Waals surface area contributed by atoms with E-state index >= 15 is 0 Å². The normalized spacial score (nSPS) is 11.6. The van der Waals surface area contributed by atoms with E-state index in [2.05, 4.69) is 16.2 Å². The van der Waals surface area contributed by atoms with Gasteiger partial charge in [-0.05, 0) is 37.6 Å². The number of nitrogens with one attached hydrogen (secondary N) is 3. The van der Waals surface area contributed by atoms with Crippen molar-refractivity contribution in [3.05, 3.63) is 58.5 Å². The van der Waals surface area contributed by atoms with E-state index in [4.69, 9.17) is 16.0 Å². The van der Waals surface area contributed by atoms with Gasteiger partial charge in [0.05, 0.1) is 17.9 Å². The fourth-order valence-corrected chi connectivity index (χ4v) is 1.99. The van der Waals surface area contributed by atoms with E-state index in [0.717, 1.165) is 5.56 Å². The number of furan rings is 1. The van der Waals surface area contributed by atoms with Crippen LogP contribution in [0.1, 0.15) is 34.6 Å². The average Bonchev–Trinajstić information content (AvgIpc) is 2.91. The highest BCUT2D eigenvalue weighted by Crippen LogP contribution is 2.15. The number of urea groups is 1. The molecule has 0 bridgehead atoms. The smallest absolute Gasteiger partial charge is 0.333 e. The van der Waals surface area contributed by atoms with Crippen molar-refractivity contribution >= 4 is 23.5 Å². The minimum absolute atomic E-state index is 0.232. The Morgan fingerprint density at radius 2 is 1.82 bits per heavy atom. The SMILES string of the molecule is Cc1occc1C(=O)NNC(=O)N[C@@H](C)c1ccc(Cl)cc1. The van der Waals surface area contributed by atoms with Crippen molar-refractivity contribution in [2.24, 2.45) is 0 Å². The van der Waals surface area contributed by atoms with Crippen LogP contribution in [0.3, 0.4) is 0 Å². The number of carbonyl (C=O) groups excluding carboxylic acids is 2. The fourth-order valence-electron chi connectivity index (χ4n) is 1.87. The first-order chi connectivity index (χ1) is 10.5. The van der Waals surface area contributed by atoms with Crippen molar-refractivity contribution in [3.63, 3.8) is 0 Å². The maximum Gasteiger partial charge on any atom is 0.333 e. The molecule has 116 valence electrons. The molecular formula is C15H16ClN3O3. The third-order valence-electron chi connectivity index (χ3n) is 3.11. The summed E-state index contributed by atoms with van der Waals surface area (Å²) >= 11 is 5.81. The van der Waals surface area contributed by atoms with Crippen molar-refractivity contribution < 1.29 is 14.0 Å². The van der Waals surface area contributed by atoms with Crippen LogP contribution in [0.4, 0.5) is 4.79 Å². The summed E-state index contributed by atoms with van der Waals surface area (Å²) < 4.78 is 5.02. The zero-order valence-corrected chi connectivity index (χ0v) is 12.9. The topological polar surface area (TPSA) is 83.4 Å². The zero-order valence-electron chi connectivity index (χ0n) is 12.1. The molecule has 3 amide bonds. The molecule has 0 aliphatic heterocycles. The molecule has 0 saturated carbocycles. The molecule has 1 aromatic carbocycles. The van der Waals surface area contributed by atoms with Crippen LogP contribution in [0.15, 0.2) is 41.0 Å². The molecule has 2 aromatic rings. The van der Waals surface area contributed by atoms with Crippen molar-refractivity contribution in [1.82, 2.24) is 16.2 Å². The van der Waals surface area contributed by atoms with Crippen LogP contribution in [0.2, 0.25) is 5.02 Å². The van der Waals surface area contributed by atoms with E-state index in [1.165, 1.54) is 12.3 Å². The van der Waals surface area contributed by atoms with E-state index in [1.807, 2.05) is 19.1 Å². The van der Waals surface area contributed by atoms with Crippen LogP contribution in [-0.4, -0.2) is 11.9 Å². The molecule has 2 rings (SSSR count). The summed E-state index contributed by atoms with van der Waals surface area (Å²) in [5, 5.41) is 3.33. The highest BCUT2D eigenvalue weighted by molar-refractivity contribution is 6.30. The largest absolute Gasteiger partial charge is 0.469 e. The Hall–Kier alpha value is -2.47. The Labute approximate surface area is 132 Å². The van der Waals surface area contributed by atoms with Crippen LogP contribution >= 0.6 is 11.6 Å². The van der Waals surface area contributed by atoms with Crippen molar-refractivity contribution in [2.45, 2.75) is 19.9 Å². The van der Waals surface area contributed by atoms with Gasteiger partial charge >= 0.3 is 6.03 Å². The fraction of sp³-hybridized carbons (Fsp3) is 0.200. The molecule has 0 radical (unpaired) electrons. The molecule has 6 nitrogen and oxygen atoms in total. The predicted octanol–water partition coefficient (Wildman–Crippen LogP) is 2.95. The van der Waals surface area contributed by atoms with Crippen LogP contribution in [0.5, 0.6) is 0 Å². The summed E-state index contributed by atoms with van der Waals surface area (Å²) in [5.74, 6) is 0.0368.